The third-order valence-corrected chi connectivity index (χ3v) is 1.84. The molecule has 1 nitrogen and oxygen atoms in total. The Balaban J connectivity index is 2.12. The highest BCUT2D eigenvalue weighted by molar-refractivity contribution is 4.94. The standard InChI is InChI=1S/C7H14FN/c1-3-9-6-4-7(2,8)5-6/h6,9H,3-5H2,1-2H3. The first-order valence-corrected chi connectivity index (χ1v) is 3.56. The Morgan fingerprint density at radius 3 is 2.56 bits per heavy atom. The Hall–Kier alpha value is -0.110. The third kappa shape index (κ3) is 1.65. The average Bonchev–Trinajstić information content (AvgIpc) is 1.62. The summed E-state index contributed by atoms with van der Waals surface area (Å²) in [7, 11) is 0. The highest BCUT2D eigenvalue weighted by Gasteiger charge is 2.39. The van der Waals surface area contributed by atoms with Gasteiger partial charge in [0.25, 0.3) is 0 Å². The molecule has 0 saturated heterocycles. The van der Waals surface area contributed by atoms with Crippen LogP contribution in [-0.4, -0.2) is 18.3 Å². The van der Waals surface area contributed by atoms with Gasteiger partial charge in [0.2, 0.25) is 0 Å². The fraction of sp³-hybridized carbons (Fsp3) is 1.00. The van der Waals surface area contributed by atoms with Crippen molar-refractivity contribution in [3.05, 3.63) is 0 Å². The summed E-state index contributed by atoms with van der Waals surface area (Å²) in [5.74, 6) is 0. The normalized spacial score (nSPS) is 42.3. The Morgan fingerprint density at radius 2 is 2.22 bits per heavy atom. The van der Waals surface area contributed by atoms with Crippen LogP contribution in [0, 0.1) is 0 Å². The zero-order chi connectivity index (χ0) is 6.91. The molecular formula is C7H14FN. The SMILES string of the molecule is CCNC1CC(C)(F)C1. The minimum absolute atomic E-state index is 0.449. The van der Waals surface area contributed by atoms with Gasteiger partial charge < -0.3 is 5.32 Å². The van der Waals surface area contributed by atoms with Crippen LogP contribution in [0.25, 0.3) is 0 Å². The number of nitrogens with one attached hydrogen (secondary N) is 1. The summed E-state index contributed by atoms with van der Waals surface area (Å²) in [5, 5.41) is 3.20. The first-order chi connectivity index (χ1) is 4.14. The van der Waals surface area contributed by atoms with Crippen molar-refractivity contribution in [2.24, 2.45) is 0 Å². The molecule has 1 saturated carbocycles. The molecule has 0 spiro atoms. The molecule has 1 aliphatic carbocycles. The van der Waals surface area contributed by atoms with Gasteiger partial charge in [0.15, 0.2) is 0 Å². The zero-order valence-corrected chi connectivity index (χ0v) is 6.08. The second-order valence-electron chi connectivity index (χ2n) is 3.08. The molecule has 54 valence electrons. The van der Waals surface area contributed by atoms with E-state index in [0.29, 0.717) is 18.9 Å². The molecule has 0 heterocycles. The summed E-state index contributed by atoms with van der Waals surface area (Å²) in [4.78, 5) is 0. The smallest absolute Gasteiger partial charge is 0.111 e. The quantitative estimate of drug-likeness (QED) is 0.598. The average molecular weight is 131 g/mol. The van der Waals surface area contributed by atoms with E-state index in [1.807, 2.05) is 6.92 Å². The van der Waals surface area contributed by atoms with E-state index in [2.05, 4.69) is 5.32 Å². The number of halogens is 1. The molecule has 0 aromatic carbocycles. The minimum atomic E-state index is -0.868. The summed E-state index contributed by atoms with van der Waals surface area (Å²) < 4.78 is 12.7. The van der Waals surface area contributed by atoms with E-state index in [0.717, 1.165) is 6.54 Å². The summed E-state index contributed by atoms with van der Waals surface area (Å²) in [6, 6.07) is 0.449. The molecule has 1 aliphatic rings. The van der Waals surface area contributed by atoms with Crippen LogP contribution in [0.4, 0.5) is 4.39 Å². The molecule has 1 N–H and O–H groups in total. The van der Waals surface area contributed by atoms with Crippen LogP contribution in [-0.2, 0) is 0 Å². The highest BCUT2D eigenvalue weighted by Crippen LogP contribution is 2.35. The molecular weight excluding hydrogens is 117 g/mol. The van der Waals surface area contributed by atoms with E-state index >= 15 is 0 Å². The molecule has 2 heteroatoms. The summed E-state index contributed by atoms with van der Waals surface area (Å²) in [6.45, 7) is 4.68. The summed E-state index contributed by atoms with van der Waals surface area (Å²) >= 11 is 0. The van der Waals surface area contributed by atoms with Crippen LogP contribution >= 0.6 is 0 Å². The van der Waals surface area contributed by atoms with Gasteiger partial charge in [0.05, 0.1) is 0 Å². The van der Waals surface area contributed by atoms with Gasteiger partial charge in [-0.2, -0.15) is 0 Å². The van der Waals surface area contributed by atoms with Gasteiger partial charge in [-0.05, 0) is 26.3 Å². The molecule has 0 bridgehead atoms. The van der Waals surface area contributed by atoms with Crippen LogP contribution < -0.4 is 5.32 Å². The maximum Gasteiger partial charge on any atom is 0.111 e. The lowest BCUT2D eigenvalue weighted by Gasteiger charge is -2.38. The molecule has 0 atom stereocenters. The minimum Gasteiger partial charge on any atom is -0.314 e. The van der Waals surface area contributed by atoms with Crippen LogP contribution in [0.15, 0.2) is 0 Å². The number of rotatable bonds is 2. The third-order valence-electron chi connectivity index (χ3n) is 1.84. The molecule has 0 aromatic heterocycles. The van der Waals surface area contributed by atoms with Gasteiger partial charge in [0, 0.05) is 6.04 Å². The lowest BCUT2D eigenvalue weighted by molar-refractivity contribution is 0.0490. The Labute approximate surface area is 55.6 Å². The monoisotopic (exact) mass is 131 g/mol. The van der Waals surface area contributed by atoms with Crippen molar-refractivity contribution < 1.29 is 4.39 Å². The topological polar surface area (TPSA) is 12.0 Å². The Kier molecular flexibility index (Phi) is 1.75. The Bertz CT molecular complexity index is 93.1. The lowest BCUT2D eigenvalue weighted by atomic mass is 9.79. The maximum atomic E-state index is 12.7. The van der Waals surface area contributed by atoms with Crippen LogP contribution in [0.1, 0.15) is 26.7 Å². The molecule has 0 amide bonds. The fourth-order valence-electron chi connectivity index (χ4n) is 1.40. The molecule has 9 heavy (non-hydrogen) atoms. The van der Waals surface area contributed by atoms with Gasteiger partial charge >= 0.3 is 0 Å². The largest absolute Gasteiger partial charge is 0.314 e. The van der Waals surface area contributed by atoms with E-state index in [4.69, 9.17) is 0 Å². The predicted molar refractivity (Wildman–Crippen MR) is 36.2 cm³/mol. The maximum absolute atomic E-state index is 12.7. The van der Waals surface area contributed by atoms with Gasteiger partial charge in [-0.15, -0.1) is 0 Å². The summed E-state index contributed by atoms with van der Waals surface area (Å²) in [5.41, 5.74) is -0.868. The second kappa shape index (κ2) is 2.25. The van der Waals surface area contributed by atoms with E-state index < -0.39 is 5.67 Å². The van der Waals surface area contributed by atoms with Crippen LogP contribution in [0.2, 0.25) is 0 Å². The van der Waals surface area contributed by atoms with Crippen molar-refractivity contribution in [3.63, 3.8) is 0 Å². The second-order valence-corrected chi connectivity index (χ2v) is 3.08. The van der Waals surface area contributed by atoms with Crippen LogP contribution in [0.5, 0.6) is 0 Å². The fourth-order valence-corrected chi connectivity index (χ4v) is 1.40. The number of hydrogen-bond acceptors (Lipinski definition) is 1. The van der Waals surface area contributed by atoms with Crippen molar-refractivity contribution in [2.45, 2.75) is 38.4 Å². The first-order valence-electron chi connectivity index (χ1n) is 3.56. The van der Waals surface area contributed by atoms with Gasteiger partial charge in [0.1, 0.15) is 5.67 Å². The van der Waals surface area contributed by atoms with Crippen molar-refractivity contribution >= 4 is 0 Å². The van der Waals surface area contributed by atoms with E-state index in [9.17, 15) is 4.39 Å². The van der Waals surface area contributed by atoms with E-state index in [-0.39, 0.29) is 0 Å². The molecule has 1 fully saturated rings. The van der Waals surface area contributed by atoms with E-state index in [1.165, 1.54) is 0 Å². The van der Waals surface area contributed by atoms with Crippen molar-refractivity contribution in [2.75, 3.05) is 6.54 Å². The highest BCUT2D eigenvalue weighted by atomic mass is 19.1. The lowest BCUT2D eigenvalue weighted by Crippen LogP contribution is -2.49. The number of alkyl halides is 1. The molecule has 0 unspecified atom stereocenters. The number of hydrogen-bond donors (Lipinski definition) is 1. The van der Waals surface area contributed by atoms with Gasteiger partial charge in [-0.25, -0.2) is 4.39 Å². The molecule has 0 radical (unpaired) electrons. The molecule has 0 aromatic rings. The van der Waals surface area contributed by atoms with Gasteiger partial charge in [-0.3, -0.25) is 0 Å². The van der Waals surface area contributed by atoms with Crippen molar-refractivity contribution in [1.82, 2.24) is 5.32 Å². The Morgan fingerprint density at radius 1 is 1.67 bits per heavy atom. The van der Waals surface area contributed by atoms with E-state index in [1.54, 1.807) is 6.92 Å². The molecule has 0 aliphatic heterocycles. The van der Waals surface area contributed by atoms with Crippen molar-refractivity contribution in [1.29, 1.82) is 0 Å². The van der Waals surface area contributed by atoms with Gasteiger partial charge in [-0.1, -0.05) is 6.92 Å². The first kappa shape index (κ1) is 7.00. The van der Waals surface area contributed by atoms with Crippen LogP contribution in [0.3, 0.4) is 0 Å². The summed E-state index contributed by atoms with van der Waals surface area (Å²) in [6.07, 6.45) is 1.39. The zero-order valence-electron chi connectivity index (χ0n) is 6.08. The predicted octanol–water partition coefficient (Wildman–Crippen LogP) is 1.49. The van der Waals surface area contributed by atoms with Crippen molar-refractivity contribution in [3.8, 4) is 0 Å². The molecule has 1 rings (SSSR count).